The number of aryl methyl sites for hydroxylation is 2. The molecule has 0 saturated carbocycles. The zero-order chi connectivity index (χ0) is 41.8. The summed E-state index contributed by atoms with van der Waals surface area (Å²) in [5.41, 5.74) is 20.1. The third-order valence-electron chi connectivity index (χ3n) is 11.4. The highest BCUT2D eigenvalue weighted by atomic mass is 32.1. The predicted molar refractivity (Wildman–Crippen MR) is 235 cm³/mol. The van der Waals surface area contributed by atoms with Crippen LogP contribution >= 0.6 is 11.3 Å². The van der Waals surface area contributed by atoms with Crippen LogP contribution in [0.25, 0.3) is 64.8 Å². The lowest BCUT2D eigenvalue weighted by Crippen LogP contribution is -2.27. The van der Waals surface area contributed by atoms with Crippen LogP contribution in [-0.4, -0.2) is 93.9 Å². The average Bonchev–Trinajstić information content (AvgIpc) is 4.10. The fourth-order valence-corrected chi connectivity index (χ4v) is 9.72. The van der Waals surface area contributed by atoms with Crippen molar-refractivity contribution >= 4 is 78.0 Å². The van der Waals surface area contributed by atoms with Crippen molar-refractivity contribution in [3.8, 4) is 39.7 Å². The summed E-state index contributed by atoms with van der Waals surface area (Å²) in [4.78, 5) is 53.8. The molecule has 8 aromatic rings. The van der Waals surface area contributed by atoms with Crippen molar-refractivity contribution in [1.82, 2.24) is 48.8 Å². The van der Waals surface area contributed by atoms with E-state index >= 15 is 0 Å². The number of nitrogens with zero attached hydrogens (tertiary/aromatic N) is 9. The van der Waals surface area contributed by atoms with E-state index in [2.05, 4.69) is 89.1 Å². The third-order valence-corrected chi connectivity index (χ3v) is 12.6. The highest BCUT2D eigenvalue weighted by Crippen LogP contribution is 2.44. The molecule has 16 heteroatoms. The second-order valence-corrected chi connectivity index (χ2v) is 16.2. The van der Waals surface area contributed by atoms with Crippen molar-refractivity contribution in [1.29, 1.82) is 0 Å². The fraction of sp³-hybridized carbons (Fsp3) is 0.250. The maximum atomic E-state index is 12.0. The van der Waals surface area contributed by atoms with Crippen molar-refractivity contribution in [2.24, 2.45) is 0 Å². The molecule has 60 heavy (non-hydrogen) atoms. The molecule has 2 aliphatic heterocycles. The molecular formula is C44H42N12O3S. The number of terminal acetylenes is 1. The predicted octanol–water partition coefficient (Wildman–Crippen LogP) is 6.44. The molecule has 2 aliphatic rings. The number of ether oxygens (including phenoxy) is 1. The first-order valence-electron chi connectivity index (χ1n) is 19.5. The Morgan fingerprint density at radius 3 is 2.23 bits per heavy atom. The normalized spacial score (nSPS) is 16.4. The molecule has 5 N–H and O–H groups in total. The van der Waals surface area contributed by atoms with Gasteiger partial charge in [-0.1, -0.05) is 18.7 Å². The molecule has 0 radical (unpaired) electrons. The molecule has 6 aromatic heterocycles. The molecule has 8 heterocycles. The standard InChI is InChI=1S/C23H21N5O2S.C21H21N7O/c1-4-19(29)27-6-5-15(10-27)28-11-16(20-22(24)25-12-26-23(20)28)18-9-14-7-13(2)8-17(30-3)21(14)31-18;1-3-18(29)27-7-6-14(9-27)28-10-15(19-20(22)23-11-24-21(19)28)13-4-5-16-17(8-13)26-12(2)25-16/h1,7-9,11-12,15H,5-6,10H2,2-3H3,(H2,24,25,26);3-5,8,10-11,14H,1,6-7,9H2,2H3,(H,25,26)(H2,22,23,24). The lowest BCUT2D eigenvalue weighted by Gasteiger charge is -2.15. The Morgan fingerprint density at radius 2 is 1.57 bits per heavy atom. The van der Waals surface area contributed by atoms with Crippen molar-refractivity contribution in [2.45, 2.75) is 38.8 Å². The molecule has 2 unspecified atom stereocenters. The van der Waals surface area contributed by atoms with Gasteiger partial charge < -0.3 is 40.1 Å². The Morgan fingerprint density at radius 1 is 0.917 bits per heavy atom. The van der Waals surface area contributed by atoms with Gasteiger partial charge >= 0.3 is 0 Å². The van der Waals surface area contributed by atoms with Gasteiger partial charge in [0, 0.05) is 54.6 Å². The molecule has 10 rings (SSSR count). The summed E-state index contributed by atoms with van der Waals surface area (Å²) < 4.78 is 10.9. The molecule has 2 saturated heterocycles. The number of hydrogen-bond donors (Lipinski definition) is 3. The van der Waals surface area contributed by atoms with Crippen LogP contribution in [0, 0.1) is 26.2 Å². The first-order chi connectivity index (χ1) is 29.0. The summed E-state index contributed by atoms with van der Waals surface area (Å²) in [5, 5.41) is 2.78. The van der Waals surface area contributed by atoms with Gasteiger partial charge in [0.15, 0.2) is 0 Å². The number of nitrogen functional groups attached to an aromatic ring is 2. The van der Waals surface area contributed by atoms with Crippen LogP contribution < -0.4 is 16.2 Å². The van der Waals surface area contributed by atoms with E-state index < -0.39 is 0 Å². The van der Waals surface area contributed by atoms with E-state index in [4.69, 9.17) is 22.6 Å². The summed E-state index contributed by atoms with van der Waals surface area (Å²) in [6.45, 7) is 10.1. The Hall–Kier alpha value is -7.25. The molecule has 2 atom stereocenters. The largest absolute Gasteiger partial charge is 0.495 e. The number of amides is 2. The molecule has 2 fully saturated rings. The first-order valence-corrected chi connectivity index (χ1v) is 20.3. The number of aromatic amines is 1. The van der Waals surface area contributed by atoms with Crippen molar-refractivity contribution in [3.05, 3.63) is 85.5 Å². The van der Waals surface area contributed by atoms with E-state index in [0.717, 1.165) is 94.7 Å². The highest BCUT2D eigenvalue weighted by Gasteiger charge is 2.31. The van der Waals surface area contributed by atoms with E-state index in [1.165, 1.54) is 18.7 Å². The van der Waals surface area contributed by atoms with E-state index in [-0.39, 0.29) is 23.9 Å². The number of nitrogens with two attached hydrogens (primary N) is 2. The van der Waals surface area contributed by atoms with Crippen molar-refractivity contribution in [2.75, 3.05) is 44.8 Å². The summed E-state index contributed by atoms with van der Waals surface area (Å²) in [6, 6.07) is 12.7. The number of likely N-dealkylation sites (tertiary alicyclic amines) is 2. The van der Waals surface area contributed by atoms with Gasteiger partial charge in [-0.25, -0.2) is 24.9 Å². The number of carbonyl (C=O) groups is 2. The minimum absolute atomic E-state index is 0.0432. The van der Waals surface area contributed by atoms with E-state index in [1.54, 1.807) is 23.3 Å². The smallest absolute Gasteiger partial charge is 0.298 e. The van der Waals surface area contributed by atoms with Crippen LogP contribution in [0.15, 0.2) is 74.1 Å². The minimum Gasteiger partial charge on any atom is -0.495 e. The highest BCUT2D eigenvalue weighted by molar-refractivity contribution is 7.22. The Labute approximate surface area is 348 Å². The van der Waals surface area contributed by atoms with Gasteiger partial charge in [0.1, 0.15) is 47.2 Å². The number of hydrogen-bond acceptors (Lipinski definition) is 11. The Bertz CT molecular complexity index is 3060. The van der Waals surface area contributed by atoms with Crippen LogP contribution in [-0.2, 0) is 9.59 Å². The average molecular weight is 819 g/mol. The van der Waals surface area contributed by atoms with Crippen LogP contribution in [0.4, 0.5) is 11.6 Å². The Kier molecular flexibility index (Phi) is 9.67. The maximum absolute atomic E-state index is 12.0. The number of benzene rings is 2. The molecule has 15 nitrogen and oxygen atoms in total. The van der Waals surface area contributed by atoms with Crippen LogP contribution in [0.5, 0.6) is 5.75 Å². The maximum Gasteiger partial charge on any atom is 0.298 e. The number of imidazole rings is 1. The number of fused-ring (bicyclic) bond motifs is 4. The second-order valence-electron chi connectivity index (χ2n) is 15.1. The number of thiophene rings is 1. The molecule has 2 aromatic carbocycles. The molecular weight excluding hydrogens is 777 g/mol. The summed E-state index contributed by atoms with van der Waals surface area (Å²) in [7, 11) is 1.69. The minimum atomic E-state index is -0.278. The summed E-state index contributed by atoms with van der Waals surface area (Å²) in [6.07, 6.45) is 15.4. The molecule has 302 valence electrons. The van der Waals surface area contributed by atoms with Crippen LogP contribution in [0.1, 0.15) is 36.3 Å². The van der Waals surface area contributed by atoms with Crippen LogP contribution in [0.2, 0.25) is 0 Å². The van der Waals surface area contributed by atoms with Gasteiger partial charge in [-0.3, -0.25) is 9.59 Å². The molecule has 0 aliphatic carbocycles. The zero-order valence-corrected chi connectivity index (χ0v) is 34.2. The number of carbonyl (C=O) groups excluding carboxylic acids is 2. The van der Waals surface area contributed by atoms with E-state index in [9.17, 15) is 9.59 Å². The van der Waals surface area contributed by atoms with Crippen LogP contribution in [0.3, 0.4) is 0 Å². The number of anilines is 2. The third kappa shape index (κ3) is 6.62. The van der Waals surface area contributed by atoms with Gasteiger partial charge in [-0.15, -0.1) is 17.8 Å². The van der Waals surface area contributed by atoms with E-state index in [1.807, 2.05) is 30.0 Å². The van der Waals surface area contributed by atoms with E-state index in [0.29, 0.717) is 37.8 Å². The van der Waals surface area contributed by atoms with Gasteiger partial charge in [-0.2, -0.15) is 0 Å². The summed E-state index contributed by atoms with van der Waals surface area (Å²) in [5.74, 6) is 4.51. The monoisotopic (exact) mass is 818 g/mol. The number of rotatable bonds is 6. The van der Waals surface area contributed by atoms with Crippen molar-refractivity contribution < 1.29 is 14.3 Å². The lowest BCUT2D eigenvalue weighted by molar-refractivity contribution is -0.125. The van der Waals surface area contributed by atoms with Gasteiger partial charge in [-0.05, 0) is 79.5 Å². The quantitative estimate of drug-likeness (QED) is 0.124. The second kappa shape index (κ2) is 15.2. The number of methoxy groups -OCH3 is 1. The molecule has 0 spiro atoms. The molecule has 0 bridgehead atoms. The lowest BCUT2D eigenvalue weighted by atomic mass is 10.1. The Balaban J connectivity index is 0.000000154. The fourth-order valence-electron chi connectivity index (χ4n) is 8.58. The molecule has 2 amide bonds. The van der Waals surface area contributed by atoms with Gasteiger partial charge in [0.25, 0.3) is 5.91 Å². The summed E-state index contributed by atoms with van der Waals surface area (Å²) >= 11 is 1.66. The number of H-pyrrole nitrogens is 1. The SMILES string of the molecule is C#CC(=O)N1CCC(n2cc(-c3cc4cc(C)cc(OC)c4s3)c3c(N)ncnc32)C1.C=CC(=O)N1CCC(n2cc(-c3ccc4nc(C)[nH]c4c3)c3c(N)ncnc32)C1. The van der Waals surface area contributed by atoms with Crippen molar-refractivity contribution in [3.63, 3.8) is 0 Å². The zero-order valence-electron chi connectivity index (χ0n) is 33.3. The number of aromatic nitrogens is 8. The number of nitrogens with one attached hydrogen (secondary N) is 1. The van der Waals surface area contributed by atoms with Gasteiger partial charge in [0.05, 0.1) is 45.7 Å². The first kappa shape index (κ1) is 38.3. The topological polar surface area (TPSA) is 192 Å². The van der Waals surface area contributed by atoms with Gasteiger partial charge in [0.2, 0.25) is 5.91 Å².